The van der Waals surface area contributed by atoms with Crippen molar-refractivity contribution in [1.29, 1.82) is 0 Å². The maximum atomic E-state index is 12.6. The minimum Gasteiger partial charge on any atom is -0.278 e. The van der Waals surface area contributed by atoms with Crippen LogP contribution in [0.2, 0.25) is 0 Å². The van der Waals surface area contributed by atoms with E-state index in [1.807, 2.05) is 4.72 Å². The third kappa shape index (κ3) is 5.36. The highest BCUT2D eigenvalue weighted by Gasteiger charge is 2.31. The van der Waals surface area contributed by atoms with E-state index in [2.05, 4.69) is 0 Å². The summed E-state index contributed by atoms with van der Waals surface area (Å²) in [6, 6.07) is 9.12. The lowest BCUT2D eigenvalue weighted by Crippen LogP contribution is -2.16. The molecule has 0 radical (unpaired) electrons. The predicted octanol–water partition coefficient (Wildman–Crippen LogP) is 2.75. The molecule has 0 unspecified atom stereocenters. The van der Waals surface area contributed by atoms with Crippen molar-refractivity contribution in [2.45, 2.75) is 20.2 Å². The van der Waals surface area contributed by atoms with Gasteiger partial charge < -0.3 is 0 Å². The Morgan fingerprint density at radius 1 is 0.920 bits per heavy atom. The topological polar surface area (TPSA) is 106 Å². The fraction of sp³-hybridized carbons (Fsp3) is 0.0769. The summed E-state index contributed by atoms with van der Waals surface area (Å²) in [6.45, 7) is 0. The summed E-state index contributed by atoms with van der Waals surface area (Å²) < 4.78 is 87.1. The number of nitrogens with one attached hydrogen (secondary N) is 1. The van der Waals surface area contributed by atoms with E-state index in [4.69, 9.17) is 5.14 Å². The zero-order valence-electron chi connectivity index (χ0n) is 12.2. The van der Waals surface area contributed by atoms with Crippen molar-refractivity contribution < 1.29 is 30.0 Å². The monoisotopic (exact) mass is 412 g/mol. The molecule has 12 heteroatoms. The fourth-order valence-electron chi connectivity index (χ4n) is 1.79. The summed E-state index contributed by atoms with van der Waals surface area (Å²) >= 11 is -0.472. The van der Waals surface area contributed by atoms with Gasteiger partial charge in [-0.2, -0.15) is 13.2 Å². The molecule has 0 amide bonds. The largest absolute Gasteiger partial charge is 0.446 e. The molecule has 0 spiro atoms. The highest BCUT2D eigenvalue weighted by molar-refractivity contribution is 8.00. The van der Waals surface area contributed by atoms with E-state index in [9.17, 15) is 30.0 Å². The highest BCUT2D eigenvalue weighted by atomic mass is 32.2. The van der Waals surface area contributed by atoms with Crippen LogP contribution in [0.4, 0.5) is 18.9 Å². The Hall–Kier alpha value is -1.76. The molecule has 0 atom stereocenters. The maximum absolute atomic E-state index is 12.6. The van der Waals surface area contributed by atoms with Gasteiger partial charge in [0, 0.05) is 4.90 Å². The van der Waals surface area contributed by atoms with Gasteiger partial charge in [-0.1, -0.05) is 18.2 Å². The van der Waals surface area contributed by atoms with Crippen LogP contribution in [0.25, 0.3) is 0 Å². The van der Waals surface area contributed by atoms with Gasteiger partial charge in [0.15, 0.2) is 0 Å². The minimum absolute atomic E-state index is 0.286. The van der Waals surface area contributed by atoms with Gasteiger partial charge in [-0.05, 0) is 42.1 Å². The zero-order valence-corrected chi connectivity index (χ0v) is 14.6. The molecular formula is C13H11F3N2O4S3. The van der Waals surface area contributed by atoms with Crippen LogP contribution in [0, 0.1) is 0 Å². The summed E-state index contributed by atoms with van der Waals surface area (Å²) in [6.07, 6.45) is 0. The first-order chi connectivity index (χ1) is 11.4. The molecule has 0 aliphatic rings. The quantitative estimate of drug-likeness (QED) is 0.735. The molecule has 0 saturated carbocycles. The Bertz CT molecular complexity index is 990. The number of alkyl halides is 3. The number of rotatable bonds is 5. The lowest BCUT2D eigenvalue weighted by atomic mass is 10.3. The smallest absolute Gasteiger partial charge is 0.278 e. The number of benzene rings is 2. The SMILES string of the molecule is NS(=O)(=O)c1cccc(S(=O)(=O)Nc2ccccc2SC(F)(F)F)c1. The summed E-state index contributed by atoms with van der Waals surface area (Å²) in [5, 5.41) is 4.94. The second-order valence-corrected chi connectivity index (χ2v) is 9.02. The van der Waals surface area contributed by atoms with E-state index < -0.39 is 47.1 Å². The lowest BCUT2D eigenvalue weighted by molar-refractivity contribution is -0.0328. The van der Waals surface area contributed by atoms with Crippen LogP contribution in [-0.2, 0) is 20.0 Å². The van der Waals surface area contributed by atoms with Gasteiger partial charge in [0.1, 0.15) is 0 Å². The minimum atomic E-state index is -4.60. The maximum Gasteiger partial charge on any atom is 0.446 e. The number of anilines is 1. The van der Waals surface area contributed by atoms with Crippen molar-refractivity contribution in [3.63, 3.8) is 0 Å². The lowest BCUT2D eigenvalue weighted by Gasteiger charge is -2.13. The van der Waals surface area contributed by atoms with E-state index in [1.54, 1.807) is 0 Å². The van der Waals surface area contributed by atoms with Gasteiger partial charge in [0.05, 0.1) is 15.5 Å². The van der Waals surface area contributed by atoms with Crippen molar-refractivity contribution >= 4 is 37.5 Å². The van der Waals surface area contributed by atoms with E-state index in [-0.39, 0.29) is 10.6 Å². The number of hydrogen-bond donors (Lipinski definition) is 2. The predicted molar refractivity (Wildman–Crippen MR) is 87.0 cm³/mol. The number of primary sulfonamides is 1. The van der Waals surface area contributed by atoms with Crippen molar-refractivity contribution in [3.05, 3.63) is 48.5 Å². The summed E-state index contributed by atoms with van der Waals surface area (Å²) in [5.41, 5.74) is -4.89. The third-order valence-electron chi connectivity index (χ3n) is 2.80. The highest BCUT2D eigenvalue weighted by Crippen LogP contribution is 2.40. The van der Waals surface area contributed by atoms with E-state index >= 15 is 0 Å². The van der Waals surface area contributed by atoms with Crippen molar-refractivity contribution in [1.82, 2.24) is 0 Å². The average molecular weight is 412 g/mol. The first-order valence-electron chi connectivity index (χ1n) is 6.39. The van der Waals surface area contributed by atoms with Gasteiger partial charge in [0.25, 0.3) is 10.0 Å². The third-order valence-corrected chi connectivity index (χ3v) is 5.88. The molecule has 2 aromatic rings. The zero-order chi connectivity index (χ0) is 18.9. The van der Waals surface area contributed by atoms with Crippen LogP contribution in [-0.4, -0.2) is 22.3 Å². The summed E-state index contributed by atoms with van der Waals surface area (Å²) in [5.74, 6) is 0. The molecular weight excluding hydrogens is 401 g/mol. The van der Waals surface area contributed by atoms with Crippen LogP contribution in [0.5, 0.6) is 0 Å². The van der Waals surface area contributed by atoms with Crippen LogP contribution < -0.4 is 9.86 Å². The molecule has 0 saturated heterocycles. The van der Waals surface area contributed by atoms with E-state index in [0.717, 1.165) is 36.4 Å². The second kappa shape index (κ2) is 6.86. The summed E-state index contributed by atoms with van der Waals surface area (Å²) in [7, 11) is -8.46. The number of hydrogen-bond acceptors (Lipinski definition) is 5. The molecule has 2 rings (SSSR count). The van der Waals surface area contributed by atoms with Crippen LogP contribution >= 0.6 is 11.8 Å². The first kappa shape index (κ1) is 19.6. The van der Waals surface area contributed by atoms with Gasteiger partial charge in [0.2, 0.25) is 10.0 Å². The fourth-order valence-corrected chi connectivity index (χ4v) is 4.24. The normalized spacial score (nSPS) is 12.8. The van der Waals surface area contributed by atoms with Gasteiger partial charge in [-0.15, -0.1) is 0 Å². The molecule has 0 aliphatic heterocycles. The molecule has 3 N–H and O–H groups in total. The van der Waals surface area contributed by atoms with Gasteiger partial charge in [-0.3, -0.25) is 4.72 Å². The first-order valence-corrected chi connectivity index (χ1v) is 10.2. The Morgan fingerprint density at radius 2 is 1.52 bits per heavy atom. The summed E-state index contributed by atoms with van der Waals surface area (Å²) in [4.78, 5) is -1.24. The standard InChI is InChI=1S/C13H11F3N2O4S3/c14-13(15,16)23-12-7-2-1-6-11(12)18-25(21,22)10-5-3-4-9(8-10)24(17,19)20/h1-8,18H,(H2,17,19,20). The van der Waals surface area contributed by atoms with E-state index in [0.29, 0.717) is 0 Å². The van der Waals surface area contributed by atoms with Crippen molar-refractivity contribution in [2.75, 3.05) is 4.72 Å². The Morgan fingerprint density at radius 3 is 2.12 bits per heavy atom. The van der Waals surface area contributed by atoms with Crippen LogP contribution in [0.1, 0.15) is 0 Å². The molecule has 6 nitrogen and oxygen atoms in total. The van der Waals surface area contributed by atoms with Crippen LogP contribution in [0.15, 0.2) is 63.2 Å². The number of nitrogens with two attached hydrogens (primary N) is 1. The van der Waals surface area contributed by atoms with Crippen molar-refractivity contribution in [2.24, 2.45) is 5.14 Å². The van der Waals surface area contributed by atoms with Crippen molar-refractivity contribution in [3.8, 4) is 0 Å². The Labute approximate surface area is 146 Å². The number of thioether (sulfide) groups is 1. The molecule has 136 valence electrons. The molecule has 0 fully saturated rings. The van der Waals surface area contributed by atoms with Gasteiger partial charge in [-0.25, -0.2) is 22.0 Å². The number of sulfonamides is 2. The second-order valence-electron chi connectivity index (χ2n) is 4.67. The van der Waals surface area contributed by atoms with E-state index in [1.165, 1.54) is 12.1 Å². The molecule has 0 aliphatic carbocycles. The number of para-hydroxylation sites is 1. The molecule has 2 aromatic carbocycles. The molecule has 0 aromatic heterocycles. The Balaban J connectivity index is 2.41. The van der Waals surface area contributed by atoms with Crippen LogP contribution in [0.3, 0.4) is 0 Å². The van der Waals surface area contributed by atoms with Gasteiger partial charge >= 0.3 is 5.51 Å². The molecule has 0 heterocycles. The average Bonchev–Trinajstić information content (AvgIpc) is 2.47. The number of halogens is 3. The molecule has 25 heavy (non-hydrogen) atoms. The molecule has 0 bridgehead atoms. The Kier molecular flexibility index (Phi) is 5.37.